The van der Waals surface area contributed by atoms with Crippen LogP contribution in [0.1, 0.15) is 30.9 Å². The van der Waals surface area contributed by atoms with Crippen molar-refractivity contribution in [3.05, 3.63) is 29.7 Å². The van der Waals surface area contributed by atoms with Crippen LogP contribution in [0.15, 0.2) is 22.9 Å². The second-order valence-electron chi connectivity index (χ2n) is 3.66. The topological polar surface area (TPSA) is 26.0 Å². The van der Waals surface area contributed by atoms with Gasteiger partial charge in [0.2, 0.25) is 0 Å². The highest BCUT2D eigenvalue weighted by Crippen LogP contribution is 2.26. The minimum Gasteiger partial charge on any atom is -0.443 e. The first-order valence-electron chi connectivity index (χ1n) is 4.53. The van der Waals surface area contributed by atoms with Gasteiger partial charge in [-0.2, -0.15) is 0 Å². The first-order valence-corrected chi connectivity index (χ1v) is 4.53. The van der Waals surface area contributed by atoms with E-state index >= 15 is 0 Å². The summed E-state index contributed by atoms with van der Waals surface area (Å²) in [5.41, 5.74) is 4.34. The van der Waals surface area contributed by atoms with Crippen LogP contribution in [0.5, 0.6) is 0 Å². The van der Waals surface area contributed by atoms with Crippen LogP contribution >= 0.6 is 0 Å². The molecule has 0 aliphatic rings. The lowest BCUT2D eigenvalue weighted by Gasteiger charge is -2.05. The van der Waals surface area contributed by atoms with Gasteiger partial charge in [0.05, 0.1) is 0 Å². The third-order valence-electron chi connectivity index (χ3n) is 2.33. The minimum absolute atomic E-state index is 0.494. The van der Waals surface area contributed by atoms with Gasteiger partial charge in [-0.15, -0.1) is 0 Å². The minimum atomic E-state index is 0.494. The number of rotatable bonds is 1. The summed E-state index contributed by atoms with van der Waals surface area (Å²) in [6, 6.07) is 4.22. The number of hydrogen-bond donors (Lipinski definition) is 0. The Balaban J connectivity index is 2.78. The average Bonchev–Trinajstić information content (AvgIpc) is 2.53. The molecule has 13 heavy (non-hydrogen) atoms. The number of aryl methyl sites for hydroxylation is 1. The standard InChI is InChI=1S/C11H13NO/c1-7(2)9-5-4-8(3)11-10(9)12-6-13-11/h4-7H,1-3H3. The molecule has 1 aromatic heterocycles. The van der Waals surface area contributed by atoms with Gasteiger partial charge in [0, 0.05) is 0 Å². The fraction of sp³-hybridized carbons (Fsp3) is 0.364. The molecule has 0 saturated carbocycles. The Kier molecular flexibility index (Phi) is 1.83. The van der Waals surface area contributed by atoms with E-state index in [1.54, 1.807) is 0 Å². The summed E-state index contributed by atoms with van der Waals surface area (Å²) in [6.45, 7) is 6.37. The second kappa shape index (κ2) is 2.87. The van der Waals surface area contributed by atoms with Gasteiger partial charge in [0.25, 0.3) is 0 Å². The maximum absolute atomic E-state index is 5.33. The Morgan fingerprint density at radius 1 is 1.31 bits per heavy atom. The Hall–Kier alpha value is -1.31. The van der Waals surface area contributed by atoms with E-state index in [1.165, 1.54) is 12.0 Å². The number of fused-ring (bicyclic) bond motifs is 1. The summed E-state index contributed by atoms with van der Waals surface area (Å²) >= 11 is 0. The molecule has 2 rings (SSSR count). The van der Waals surface area contributed by atoms with Crippen molar-refractivity contribution in [3.63, 3.8) is 0 Å². The van der Waals surface area contributed by atoms with Gasteiger partial charge in [0.1, 0.15) is 5.52 Å². The summed E-state index contributed by atoms with van der Waals surface area (Å²) in [6.07, 6.45) is 1.52. The quantitative estimate of drug-likeness (QED) is 0.664. The van der Waals surface area contributed by atoms with Gasteiger partial charge in [-0.1, -0.05) is 26.0 Å². The van der Waals surface area contributed by atoms with Crippen molar-refractivity contribution in [1.82, 2.24) is 4.98 Å². The molecule has 0 aliphatic heterocycles. The van der Waals surface area contributed by atoms with Crippen molar-refractivity contribution >= 4 is 11.1 Å². The van der Waals surface area contributed by atoms with Crippen LogP contribution in [-0.2, 0) is 0 Å². The predicted octanol–water partition coefficient (Wildman–Crippen LogP) is 3.26. The molecule has 1 aromatic carbocycles. The zero-order chi connectivity index (χ0) is 9.42. The van der Waals surface area contributed by atoms with E-state index in [0.29, 0.717) is 5.92 Å². The van der Waals surface area contributed by atoms with Crippen LogP contribution in [0, 0.1) is 6.92 Å². The summed E-state index contributed by atoms with van der Waals surface area (Å²) in [4.78, 5) is 4.23. The molecule has 0 spiro atoms. The van der Waals surface area contributed by atoms with Crippen molar-refractivity contribution in [3.8, 4) is 0 Å². The molecule has 0 unspecified atom stereocenters. The van der Waals surface area contributed by atoms with Gasteiger partial charge >= 0.3 is 0 Å². The van der Waals surface area contributed by atoms with E-state index in [-0.39, 0.29) is 0 Å². The Labute approximate surface area is 77.6 Å². The maximum Gasteiger partial charge on any atom is 0.182 e. The van der Waals surface area contributed by atoms with Gasteiger partial charge in [-0.05, 0) is 24.0 Å². The average molecular weight is 175 g/mol. The first-order chi connectivity index (χ1) is 6.20. The molecule has 0 atom stereocenters. The molecule has 2 nitrogen and oxygen atoms in total. The second-order valence-corrected chi connectivity index (χ2v) is 3.66. The Morgan fingerprint density at radius 2 is 2.08 bits per heavy atom. The molecule has 2 aromatic rings. The molecule has 0 amide bonds. The lowest BCUT2D eigenvalue weighted by molar-refractivity contribution is 0.599. The van der Waals surface area contributed by atoms with Gasteiger partial charge < -0.3 is 4.42 Å². The number of benzene rings is 1. The van der Waals surface area contributed by atoms with E-state index in [4.69, 9.17) is 4.42 Å². The van der Waals surface area contributed by atoms with Gasteiger partial charge in [0.15, 0.2) is 12.0 Å². The van der Waals surface area contributed by atoms with E-state index in [1.807, 2.05) is 6.92 Å². The smallest absolute Gasteiger partial charge is 0.182 e. The lowest BCUT2D eigenvalue weighted by Crippen LogP contribution is -1.89. The van der Waals surface area contributed by atoms with Gasteiger partial charge in [-0.3, -0.25) is 0 Å². The molecule has 0 bridgehead atoms. The summed E-state index contributed by atoms with van der Waals surface area (Å²) in [7, 11) is 0. The summed E-state index contributed by atoms with van der Waals surface area (Å²) < 4.78 is 5.33. The van der Waals surface area contributed by atoms with Crippen LogP contribution in [0.3, 0.4) is 0 Å². The highest BCUT2D eigenvalue weighted by molar-refractivity contribution is 5.79. The molecule has 0 fully saturated rings. The van der Waals surface area contributed by atoms with Crippen LogP contribution in [-0.4, -0.2) is 4.98 Å². The van der Waals surface area contributed by atoms with Crippen LogP contribution in [0.2, 0.25) is 0 Å². The largest absolute Gasteiger partial charge is 0.443 e. The molecule has 0 radical (unpaired) electrons. The molecule has 1 heterocycles. The highest BCUT2D eigenvalue weighted by Gasteiger charge is 2.09. The fourth-order valence-electron chi connectivity index (χ4n) is 1.57. The molecule has 68 valence electrons. The molecule has 0 aliphatic carbocycles. The lowest BCUT2D eigenvalue weighted by atomic mass is 10.0. The maximum atomic E-state index is 5.33. The Morgan fingerprint density at radius 3 is 2.77 bits per heavy atom. The molecule has 2 heteroatoms. The number of nitrogens with zero attached hydrogens (tertiary/aromatic N) is 1. The normalized spacial score (nSPS) is 11.4. The van der Waals surface area contributed by atoms with Crippen LogP contribution in [0.25, 0.3) is 11.1 Å². The molecular weight excluding hydrogens is 162 g/mol. The third kappa shape index (κ3) is 1.22. The SMILES string of the molecule is Cc1ccc(C(C)C)c2ncoc12. The summed E-state index contributed by atoms with van der Waals surface area (Å²) in [5.74, 6) is 0.494. The third-order valence-corrected chi connectivity index (χ3v) is 2.33. The highest BCUT2D eigenvalue weighted by atomic mass is 16.3. The van der Waals surface area contributed by atoms with Crippen LogP contribution < -0.4 is 0 Å². The fourth-order valence-corrected chi connectivity index (χ4v) is 1.57. The zero-order valence-corrected chi connectivity index (χ0v) is 8.16. The molecule has 0 saturated heterocycles. The van der Waals surface area contributed by atoms with Crippen molar-refractivity contribution < 1.29 is 4.42 Å². The number of aromatic nitrogens is 1. The van der Waals surface area contributed by atoms with E-state index < -0.39 is 0 Å². The number of oxazole rings is 1. The zero-order valence-electron chi connectivity index (χ0n) is 8.16. The van der Waals surface area contributed by atoms with Crippen molar-refractivity contribution in [1.29, 1.82) is 0 Å². The predicted molar refractivity (Wildman–Crippen MR) is 52.8 cm³/mol. The van der Waals surface area contributed by atoms with Gasteiger partial charge in [-0.25, -0.2) is 4.98 Å². The molecule has 0 N–H and O–H groups in total. The first kappa shape index (κ1) is 8.30. The Bertz CT molecular complexity index is 429. The monoisotopic (exact) mass is 175 g/mol. The van der Waals surface area contributed by atoms with Crippen molar-refractivity contribution in [2.45, 2.75) is 26.7 Å². The van der Waals surface area contributed by atoms with Crippen molar-refractivity contribution in [2.75, 3.05) is 0 Å². The van der Waals surface area contributed by atoms with Crippen LogP contribution in [0.4, 0.5) is 0 Å². The molecular formula is C11H13NO. The van der Waals surface area contributed by atoms with E-state index in [0.717, 1.165) is 16.7 Å². The van der Waals surface area contributed by atoms with Crippen molar-refractivity contribution in [2.24, 2.45) is 0 Å². The number of hydrogen-bond acceptors (Lipinski definition) is 2. The summed E-state index contributed by atoms with van der Waals surface area (Å²) in [5, 5.41) is 0. The van der Waals surface area contributed by atoms with E-state index in [9.17, 15) is 0 Å². The van der Waals surface area contributed by atoms with E-state index in [2.05, 4.69) is 31.0 Å².